The summed E-state index contributed by atoms with van der Waals surface area (Å²) < 4.78 is 5.61. The molecule has 2 heterocycles. The van der Waals surface area contributed by atoms with E-state index >= 15 is 0 Å². The lowest BCUT2D eigenvalue weighted by atomic mass is 10.00. The molecule has 1 aliphatic heterocycles. The van der Waals surface area contributed by atoms with E-state index in [0.717, 1.165) is 31.8 Å². The molecular formula is C11H20N4O. The third-order valence-electron chi connectivity index (χ3n) is 3.11. The van der Waals surface area contributed by atoms with Crippen LogP contribution in [0.2, 0.25) is 0 Å². The smallest absolute Gasteiger partial charge is 0.318 e. The van der Waals surface area contributed by atoms with Gasteiger partial charge < -0.3 is 15.1 Å². The normalized spacial score (nSPS) is 18.0. The van der Waals surface area contributed by atoms with Crippen LogP contribution in [0, 0.1) is 5.92 Å². The fraction of sp³-hybridized carbons (Fsp3) is 0.818. The van der Waals surface area contributed by atoms with Crippen molar-refractivity contribution < 1.29 is 4.42 Å². The first-order valence-corrected chi connectivity index (χ1v) is 6.07. The van der Waals surface area contributed by atoms with Crippen LogP contribution in [0.15, 0.2) is 4.42 Å². The molecule has 0 atom stereocenters. The van der Waals surface area contributed by atoms with Crippen LogP contribution in [-0.2, 0) is 6.42 Å². The number of aromatic nitrogens is 2. The molecule has 0 bridgehead atoms. The Morgan fingerprint density at radius 2 is 2.12 bits per heavy atom. The number of hydrogen-bond donors (Lipinski definition) is 1. The lowest BCUT2D eigenvalue weighted by molar-refractivity contribution is 0.404. The molecule has 2 rings (SSSR count). The lowest BCUT2D eigenvalue weighted by Crippen LogP contribution is -2.32. The number of nitrogens with zero attached hydrogens (tertiary/aromatic N) is 3. The van der Waals surface area contributed by atoms with Crippen LogP contribution in [0.25, 0.3) is 0 Å². The number of piperidine rings is 1. The summed E-state index contributed by atoms with van der Waals surface area (Å²) in [7, 11) is 0. The van der Waals surface area contributed by atoms with Gasteiger partial charge in [-0.25, -0.2) is 0 Å². The zero-order valence-electron chi connectivity index (χ0n) is 9.85. The van der Waals surface area contributed by atoms with Gasteiger partial charge in [-0.15, -0.1) is 5.10 Å². The Bertz CT molecular complexity index is 318. The Labute approximate surface area is 96.0 Å². The van der Waals surface area contributed by atoms with Crippen LogP contribution >= 0.6 is 0 Å². The Balaban J connectivity index is 1.91. The van der Waals surface area contributed by atoms with Crippen LogP contribution in [0.5, 0.6) is 0 Å². The molecule has 90 valence electrons. The van der Waals surface area contributed by atoms with Crippen molar-refractivity contribution in [3.05, 3.63) is 5.89 Å². The van der Waals surface area contributed by atoms with Gasteiger partial charge in [-0.3, -0.25) is 0 Å². The van der Waals surface area contributed by atoms with Crippen molar-refractivity contribution in [2.45, 2.75) is 32.6 Å². The van der Waals surface area contributed by atoms with E-state index in [2.05, 4.69) is 22.0 Å². The van der Waals surface area contributed by atoms with E-state index in [1.54, 1.807) is 0 Å². The quantitative estimate of drug-likeness (QED) is 0.832. The van der Waals surface area contributed by atoms with Crippen molar-refractivity contribution in [2.75, 3.05) is 24.5 Å². The average Bonchev–Trinajstić information content (AvgIpc) is 2.76. The highest BCUT2D eigenvalue weighted by atomic mass is 16.4. The van der Waals surface area contributed by atoms with Gasteiger partial charge in [0.15, 0.2) is 0 Å². The molecule has 5 nitrogen and oxygen atoms in total. The van der Waals surface area contributed by atoms with Crippen LogP contribution in [0.1, 0.15) is 32.1 Å². The predicted octanol–water partition coefficient (Wildman–Crippen LogP) is 1.20. The zero-order chi connectivity index (χ0) is 11.4. The maximum absolute atomic E-state index is 5.61. The van der Waals surface area contributed by atoms with Gasteiger partial charge in [0, 0.05) is 19.5 Å². The van der Waals surface area contributed by atoms with Crippen molar-refractivity contribution in [2.24, 2.45) is 11.7 Å². The number of anilines is 1. The Kier molecular flexibility index (Phi) is 3.77. The van der Waals surface area contributed by atoms with Gasteiger partial charge in [-0.2, -0.15) is 0 Å². The topological polar surface area (TPSA) is 68.2 Å². The SMILES string of the molecule is CC1CCN(c2nnc(CCCN)o2)CC1. The second kappa shape index (κ2) is 5.30. The first-order chi connectivity index (χ1) is 7.79. The second-order valence-electron chi connectivity index (χ2n) is 4.54. The highest BCUT2D eigenvalue weighted by molar-refractivity contribution is 5.24. The van der Waals surface area contributed by atoms with Crippen molar-refractivity contribution in [1.82, 2.24) is 10.2 Å². The molecule has 1 aromatic heterocycles. The largest absolute Gasteiger partial charge is 0.408 e. The fourth-order valence-corrected chi connectivity index (χ4v) is 1.93. The van der Waals surface area contributed by atoms with Crippen LogP contribution in [-0.4, -0.2) is 29.8 Å². The van der Waals surface area contributed by atoms with Crippen molar-refractivity contribution in [3.63, 3.8) is 0 Å². The molecule has 0 aliphatic carbocycles. The number of nitrogens with two attached hydrogens (primary N) is 1. The summed E-state index contributed by atoms with van der Waals surface area (Å²) in [5.74, 6) is 1.52. The van der Waals surface area contributed by atoms with Crippen molar-refractivity contribution in [3.8, 4) is 0 Å². The average molecular weight is 224 g/mol. The first kappa shape index (κ1) is 11.4. The molecule has 2 N–H and O–H groups in total. The summed E-state index contributed by atoms with van der Waals surface area (Å²) in [6.07, 6.45) is 4.10. The highest BCUT2D eigenvalue weighted by Crippen LogP contribution is 2.21. The van der Waals surface area contributed by atoms with E-state index in [4.69, 9.17) is 10.2 Å². The molecule has 1 aliphatic rings. The number of rotatable bonds is 4. The Morgan fingerprint density at radius 1 is 1.38 bits per heavy atom. The van der Waals surface area contributed by atoms with E-state index in [-0.39, 0.29) is 0 Å². The van der Waals surface area contributed by atoms with Gasteiger partial charge in [-0.1, -0.05) is 12.0 Å². The minimum atomic E-state index is 0.666. The molecule has 16 heavy (non-hydrogen) atoms. The van der Waals surface area contributed by atoms with E-state index in [9.17, 15) is 0 Å². The Morgan fingerprint density at radius 3 is 2.81 bits per heavy atom. The zero-order valence-corrected chi connectivity index (χ0v) is 9.85. The van der Waals surface area contributed by atoms with E-state index < -0.39 is 0 Å². The lowest BCUT2D eigenvalue weighted by Gasteiger charge is -2.28. The van der Waals surface area contributed by atoms with Crippen molar-refractivity contribution in [1.29, 1.82) is 0 Å². The summed E-state index contributed by atoms with van der Waals surface area (Å²) in [5.41, 5.74) is 5.44. The standard InChI is InChI=1S/C11H20N4O/c1-9-4-7-15(8-5-9)11-14-13-10(16-11)3-2-6-12/h9H,2-8,12H2,1H3. The van der Waals surface area contributed by atoms with Gasteiger partial charge >= 0.3 is 6.01 Å². The van der Waals surface area contributed by atoms with E-state index in [1.807, 2.05) is 0 Å². The predicted molar refractivity (Wildman–Crippen MR) is 62.3 cm³/mol. The van der Waals surface area contributed by atoms with Gasteiger partial charge in [0.2, 0.25) is 5.89 Å². The maximum Gasteiger partial charge on any atom is 0.318 e. The van der Waals surface area contributed by atoms with Gasteiger partial charge in [0.1, 0.15) is 0 Å². The Hall–Kier alpha value is -1.10. The van der Waals surface area contributed by atoms with Crippen LogP contribution < -0.4 is 10.6 Å². The van der Waals surface area contributed by atoms with Crippen LogP contribution in [0.3, 0.4) is 0 Å². The summed E-state index contributed by atoms with van der Waals surface area (Å²) in [4.78, 5) is 2.18. The second-order valence-corrected chi connectivity index (χ2v) is 4.54. The number of hydrogen-bond acceptors (Lipinski definition) is 5. The van der Waals surface area contributed by atoms with Gasteiger partial charge in [-0.05, 0) is 31.7 Å². The summed E-state index contributed by atoms with van der Waals surface area (Å²) >= 11 is 0. The van der Waals surface area contributed by atoms with E-state index in [1.165, 1.54) is 12.8 Å². The monoisotopic (exact) mass is 224 g/mol. The van der Waals surface area contributed by atoms with Crippen LogP contribution in [0.4, 0.5) is 6.01 Å². The molecule has 0 amide bonds. The molecule has 0 spiro atoms. The highest BCUT2D eigenvalue weighted by Gasteiger charge is 2.20. The minimum absolute atomic E-state index is 0.666. The molecule has 1 fully saturated rings. The fourth-order valence-electron chi connectivity index (χ4n) is 1.93. The summed E-state index contributed by atoms with van der Waals surface area (Å²) in [5, 5.41) is 8.12. The molecule has 5 heteroatoms. The molecular weight excluding hydrogens is 204 g/mol. The molecule has 0 radical (unpaired) electrons. The van der Waals surface area contributed by atoms with Gasteiger partial charge in [0.05, 0.1) is 0 Å². The van der Waals surface area contributed by atoms with Gasteiger partial charge in [0.25, 0.3) is 0 Å². The number of aryl methyl sites for hydroxylation is 1. The first-order valence-electron chi connectivity index (χ1n) is 6.07. The maximum atomic E-state index is 5.61. The molecule has 1 saturated heterocycles. The summed E-state index contributed by atoms with van der Waals surface area (Å²) in [6, 6.07) is 0.680. The minimum Gasteiger partial charge on any atom is -0.408 e. The van der Waals surface area contributed by atoms with Crippen molar-refractivity contribution >= 4 is 6.01 Å². The molecule has 1 aromatic rings. The molecule has 0 aromatic carbocycles. The molecule has 0 unspecified atom stereocenters. The van der Waals surface area contributed by atoms with E-state index in [0.29, 0.717) is 18.5 Å². The summed E-state index contributed by atoms with van der Waals surface area (Å²) in [6.45, 7) is 5.01. The third kappa shape index (κ3) is 2.72. The molecule has 0 saturated carbocycles. The third-order valence-corrected chi connectivity index (χ3v) is 3.11.